The number of hydrogen-bond donors (Lipinski definition) is 2. The molecule has 1 aliphatic carbocycles. The van der Waals surface area contributed by atoms with Crippen LogP contribution in [0.25, 0.3) is 0 Å². The van der Waals surface area contributed by atoms with E-state index in [4.69, 9.17) is 4.52 Å². The lowest BCUT2D eigenvalue weighted by molar-refractivity contribution is -0.126. The van der Waals surface area contributed by atoms with Crippen molar-refractivity contribution in [3.8, 4) is 0 Å². The molecule has 1 aromatic heterocycles. The second-order valence-electron chi connectivity index (χ2n) is 7.26. The first-order valence-electron chi connectivity index (χ1n) is 9.13. The summed E-state index contributed by atoms with van der Waals surface area (Å²) in [6.07, 6.45) is 2.41. The van der Waals surface area contributed by atoms with Crippen molar-refractivity contribution in [3.05, 3.63) is 47.0 Å². The second-order valence-corrected chi connectivity index (χ2v) is 7.26. The number of aryl methyl sites for hydroxylation is 2. The Bertz CT molecular complexity index is 845. The summed E-state index contributed by atoms with van der Waals surface area (Å²) in [5.41, 5.74) is 1.55. The molecule has 0 spiro atoms. The topological polar surface area (TPSA) is 84.2 Å². The fourth-order valence-electron chi connectivity index (χ4n) is 3.18. The zero-order valence-corrected chi connectivity index (χ0v) is 15.7. The number of amides is 2. The largest absolute Gasteiger partial charge is 0.360 e. The quantitative estimate of drug-likeness (QED) is 0.778. The molecular weight excluding hydrogens is 349 g/mol. The van der Waals surface area contributed by atoms with Gasteiger partial charge >= 0.3 is 0 Å². The highest BCUT2D eigenvalue weighted by Crippen LogP contribution is 2.44. The summed E-state index contributed by atoms with van der Waals surface area (Å²) in [5, 5.41) is 9.04. The lowest BCUT2D eigenvalue weighted by Crippen LogP contribution is -2.42. The average molecular weight is 373 g/mol. The molecule has 0 saturated heterocycles. The molecular formula is C20H24FN3O3. The molecule has 1 unspecified atom stereocenters. The molecule has 144 valence electrons. The van der Waals surface area contributed by atoms with Crippen molar-refractivity contribution >= 4 is 17.6 Å². The third-order valence-corrected chi connectivity index (χ3v) is 4.86. The van der Waals surface area contributed by atoms with Crippen LogP contribution in [0.3, 0.4) is 0 Å². The normalized spacial score (nSPS) is 15.9. The average Bonchev–Trinajstić information content (AvgIpc) is 3.37. The first-order chi connectivity index (χ1) is 12.8. The Labute approximate surface area is 157 Å². The van der Waals surface area contributed by atoms with Gasteiger partial charge in [0.05, 0.1) is 0 Å². The molecule has 1 saturated carbocycles. The molecule has 2 atom stereocenters. The highest BCUT2D eigenvalue weighted by molar-refractivity contribution is 5.96. The standard InChI is InChI=1S/C20H24FN3O3/c1-11-8-15(6-7-17(11)21)16(14-4-5-14)10-19(25)22-13(3)20(26)23-18-9-12(2)27-24-18/h6-9,13-14,16H,4-5,10H2,1-3H3,(H,22,25)(H,23,24,26)/t13-,16?/m1/s1. The van der Waals surface area contributed by atoms with Crippen molar-refractivity contribution in [1.82, 2.24) is 10.5 Å². The van der Waals surface area contributed by atoms with Crippen molar-refractivity contribution < 1.29 is 18.5 Å². The van der Waals surface area contributed by atoms with Gasteiger partial charge in [0.15, 0.2) is 5.82 Å². The summed E-state index contributed by atoms with van der Waals surface area (Å²) in [5.74, 6) is 0.567. The van der Waals surface area contributed by atoms with Gasteiger partial charge in [0.25, 0.3) is 0 Å². The number of halogens is 1. The Hall–Kier alpha value is -2.70. The van der Waals surface area contributed by atoms with Crippen LogP contribution in [-0.4, -0.2) is 23.0 Å². The summed E-state index contributed by atoms with van der Waals surface area (Å²) in [6.45, 7) is 5.07. The van der Waals surface area contributed by atoms with Crippen molar-refractivity contribution in [3.63, 3.8) is 0 Å². The van der Waals surface area contributed by atoms with E-state index in [-0.39, 0.29) is 30.0 Å². The Kier molecular flexibility index (Phi) is 5.58. The summed E-state index contributed by atoms with van der Waals surface area (Å²) >= 11 is 0. The molecule has 1 heterocycles. The molecule has 6 nitrogen and oxygen atoms in total. The smallest absolute Gasteiger partial charge is 0.247 e. The van der Waals surface area contributed by atoms with E-state index in [9.17, 15) is 14.0 Å². The summed E-state index contributed by atoms with van der Waals surface area (Å²) < 4.78 is 18.4. The van der Waals surface area contributed by atoms with E-state index in [0.717, 1.165) is 18.4 Å². The number of carbonyl (C=O) groups excluding carboxylic acids is 2. The van der Waals surface area contributed by atoms with E-state index >= 15 is 0 Å². The Balaban J connectivity index is 1.59. The zero-order valence-electron chi connectivity index (χ0n) is 15.7. The number of nitrogens with one attached hydrogen (secondary N) is 2. The fraction of sp³-hybridized carbons (Fsp3) is 0.450. The summed E-state index contributed by atoms with van der Waals surface area (Å²) in [7, 11) is 0. The maximum absolute atomic E-state index is 13.5. The molecule has 3 rings (SSSR count). The minimum absolute atomic E-state index is 0.0396. The number of benzene rings is 1. The van der Waals surface area contributed by atoms with Gasteiger partial charge in [0.1, 0.15) is 17.6 Å². The predicted octanol–water partition coefficient (Wildman–Crippen LogP) is 3.46. The first-order valence-corrected chi connectivity index (χ1v) is 9.13. The lowest BCUT2D eigenvalue weighted by Gasteiger charge is -2.19. The van der Waals surface area contributed by atoms with E-state index in [1.165, 1.54) is 6.07 Å². The van der Waals surface area contributed by atoms with Gasteiger partial charge in [-0.2, -0.15) is 0 Å². The summed E-state index contributed by atoms with van der Waals surface area (Å²) in [4.78, 5) is 24.7. The van der Waals surface area contributed by atoms with Gasteiger partial charge in [-0.3, -0.25) is 9.59 Å². The van der Waals surface area contributed by atoms with E-state index in [1.807, 2.05) is 6.07 Å². The van der Waals surface area contributed by atoms with Crippen LogP contribution in [-0.2, 0) is 9.59 Å². The van der Waals surface area contributed by atoms with Gasteiger partial charge in [-0.15, -0.1) is 0 Å². The molecule has 0 bridgehead atoms. The summed E-state index contributed by atoms with van der Waals surface area (Å²) in [6, 6.07) is 5.92. The molecule has 27 heavy (non-hydrogen) atoms. The minimum atomic E-state index is -0.704. The van der Waals surface area contributed by atoms with Crippen LogP contribution in [0.4, 0.5) is 10.2 Å². The maximum atomic E-state index is 13.5. The van der Waals surface area contributed by atoms with Crippen molar-refractivity contribution in [2.75, 3.05) is 5.32 Å². The van der Waals surface area contributed by atoms with E-state index in [1.54, 1.807) is 32.9 Å². The molecule has 1 fully saturated rings. The fourth-order valence-corrected chi connectivity index (χ4v) is 3.18. The van der Waals surface area contributed by atoms with Gasteiger partial charge in [-0.05, 0) is 62.6 Å². The molecule has 2 aromatic rings. The van der Waals surface area contributed by atoms with E-state index in [0.29, 0.717) is 23.1 Å². The zero-order chi connectivity index (χ0) is 19.6. The molecule has 7 heteroatoms. The van der Waals surface area contributed by atoms with Crippen LogP contribution >= 0.6 is 0 Å². The molecule has 2 amide bonds. The monoisotopic (exact) mass is 373 g/mol. The number of nitrogens with zero attached hydrogens (tertiary/aromatic N) is 1. The predicted molar refractivity (Wildman–Crippen MR) is 98.7 cm³/mol. The third kappa shape index (κ3) is 4.93. The highest BCUT2D eigenvalue weighted by atomic mass is 19.1. The van der Waals surface area contributed by atoms with Crippen molar-refractivity contribution in [2.24, 2.45) is 5.92 Å². The molecule has 0 aliphatic heterocycles. The van der Waals surface area contributed by atoms with E-state index in [2.05, 4.69) is 15.8 Å². The highest BCUT2D eigenvalue weighted by Gasteiger charge is 2.34. The molecule has 1 aliphatic rings. The lowest BCUT2D eigenvalue weighted by atomic mass is 9.89. The third-order valence-electron chi connectivity index (χ3n) is 4.86. The molecule has 1 aromatic carbocycles. The Morgan fingerprint density at radius 3 is 2.63 bits per heavy atom. The van der Waals surface area contributed by atoms with Gasteiger partial charge in [0.2, 0.25) is 11.8 Å². The number of rotatable bonds is 7. The van der Waals surface area contributed by atoms with Gasteiger partial charge < -0.3 is 15.2 Å². The van der Waals surface area contributed by atoms with Crippen molar-refractivity contribution in [1.29, 1.82) is 0 Å². The number of hydrogen-bond acceptors (Lipinski definition) is 4. The SMILES string of the molecule is Cc1cc(NC(=O)[C@@H](C)NC(=O)CC(c2ccc(F)c(C)c2)C2CC2)no1. The molecule has 0 radical (unpaired) electrons. The van der Waals surface area contributed by atoms with E-state index < -0.39 is 6.04 Å². The van der Waals surface area contributed by atoms with Crippen molar-refractivity contribution in [2.45, 2.75) is 52.0 Å². The van der Waals surface area contributed by atoms with Gasteiger partial charge in [-0.25, -0.2) is 4.39 Å². The van der Waals surface area contributed by atoms with Crippen LogP contribution in [0.2, 0.25) is 0 Å². The van der Waals surface area contributed by atoms with Gasteiger partial charge in [-0.1, -0.05) is 17.3 Å². The number of anilines is 1. The maximum Gasteiger partial charge on any atom is 0.247 e. The molecule has 2 N–H and O–H groups in total. The van der Waals surface area contributed by atoms with Gasteiger partial charge in [0, 0.05) is 12.5 Å². The van der Waals surface area contributed by atoms with Crippen LogP contribution in [0.15, 0.2) is 28.8 Å². The number of aromatic nitrogens is 1. The van der Waals surface area contributed by atoms with Crippen LogP contribution in [0.5, 0.6) is 0 Å². The van der Waals surface area contributed by atoms with Crippen LogP contribution in [0, 0.1) is 25.6 Å². The Morgan fingerprint density at radius 1 is 1.30 bits per heavy atom. The Morgan fingerprint density at radius 2 is 2.04 bits per heavy atom. The van der Waals surface area contributed by atoms with Crippen LogP contribution in [0.1, 0.15) is 49.0 Å². The van der Waals surface area contributed by atoms with Crippen LogP contribution < -0.4 is 10.6 Å². The minimum Gasteiger partial charge on any atom is -0.360 e. The number of carbonyl (C=O) groups is 2. The first kappa shape index (κ1) is 19.1. The second kappa shape index (κ2) is 7.90.